The Morgan fingerprint density at radius 3 is 2.24 bits per heavy atom. The van der Waals surface area contributed by atoms with E-state index < -0.39 is 11.9 Å². The fourth-order valence-corrected chi connectivity index (χ4v) is 3.76. The topological polar surface area (TPSA) is 68.7 Å². The van der Waals surface area contributed by atoms with Gasteiger partial charge in [-0.15, -0.1) is 11.3 Å². The van der Waals surface area contributed by atoms with Gasteiger partial charge in [0.2, 0.25) is 0 Å². The molecule has 0 spiro atoms. The van der Waals surface area contributed by atoms with Crippen molar-refractivity contribution >= 4 is 40.6 Å². The number of anilines is 1. The van der Waals surface area contributed by atoms with Crippen LogP contribution in [0.5, 0.6) is 0 Å². The lowest BCUT2D eigenvalue weighted by molar-refractivity contribution is -0.146. The van der Waals surface area contributed by atoms with E-state index in [-0.39, 0.29) is 18.8 Å². The first-order valence-electron chi connectivity index (χ1n) is 9.38. The van der Waals surface area contributed by atoms with Crippen molar-refractivity contribution < 1.29 is 19.1 Å². The smallest absolute Gasteiger partial charge is 0.347 e. The highest BCUT2D eigenvalue weighted by Gasteiger charge is 2.23. The SMILES string of the molecule is CCOC(=O)C(=CN(CC)c1ccc(Cl)c(-c2nc(C)c(C)s2)c1)C(=O)OCC. The average Bonchev–Trinajstić information content (AvgIpc) is 3.02. The molecule has 1 aromatic heterocycles. The number of ether oxygens (including phenoxy) is 2. The molecule has 0 aliphatic heterocycles. The standard InChI is InChI=1S/C21H25ClN2O4S/c1-6-24(12-17(20(25)27-7-2)21(26)28-8-3)15-9-10-18(22)16(11-15)19-23-13(4)14(5)29-19/h9-12H,6-8H2,1-5H3. The summed E-state index contributed by atoms with van der Waals surface area (Å²) in [6, 6.07) is 5.50. The van der Waals surface area contributed by atoms with Crippen LogP contribution in [0.4, 0.5) is 5.69 Å². The Morgan fingerprint density at radius 1 is 1.14 bits per heavy atom. The van der Waals surface area contributed by atoms with Crippen molar-refractivity contribution in [1.82, 2.24) is 4.98 Å². The highest BCUT2D eigenvalue weighted by molar-refractivity contribution is 7.15. The van der Waals surface area contributed by atoms with Crippen LogP contribution >= 0.6 is 22.9 Å². The molecule has 0 radical (unpaired) electrons. The van der Waals surface area contributed by atoms with Crippen molar-refractivity contribution in [3.8, 4) is 10.6 Å². The van der Waals surface area contributed by atoms with Crippen LogP contribution in [0.2, 0.25) is 5.02 Å². The van der Waals surface area contributed by atoms with Gasteiger partial charge in [-0.05, 0) is 52.8 Å². The van der Waals surface area contributed by atoms with E-state index in [0.717, 1.165) is 26.8 Å². The molecule has 0 atom stereocenters. The number of hydrogen-bond donors (Lipinski definition) is 0. The largest absolute Gasteiger partial charge is 0.462 e. The van der Waals surface area contributed by atoms with Gasteiger partial charge in [-0.3, -0.25) is 0 Å². The van der Waals surface area contributed by atoms with E-state index in [1.165, 1.54) is 6.20 Å². The van der Waals surface area contributed by atoms with Gasteiger partial charge < -0.3 is 14.4 Å². The monoisotopic (exact) mass is 436 g/mol. The molecule has 29 heavy (non-hydrogen) atoms. The predicted molar refractivity (Wildman–Crippen MR) is 116 cm³/mol. The lowest BCUT2D eigenvalue weighted by atomic mass is 10.2. The Balaban J connectivity index is 2.48. The van der Waals surface area contributed by atoms with E-state index in [1.54, 1.807) is 36.2 Å². The second-order valence-electron chi connectivity index (χ2n) is 6.09. The predicted octanol–water partition coefficient (Wildman–Crippen LogP) is 4.92. The highest BCUT2D eigenvalue weighted by atomic mass is 35.5. The number of aryl methyl sites for hydroxylation is 2. The number of halogens is 1. The Kier molecular flexibility index (Phi) is 8.22. The number of aromatic nitrogens is 1. The zero-order chi connectivity index (χ0) is 21.6. The zero-order valence-corrected chi connectivity index (χ0v) is 18.8. The van der Waals surface area contributed by atoms with E-state index in [9.17, 15) is 9.59 Å². The molecular weight excluding hydrogens is 412 g/mol. The number of thiazole rings is 1. The molecule has 0 bridgehead atoms. The lowest BCUT2D eigenvalue weighted by Gasteiger charge is -2.21. The van der Waals surface area contributed by atoms with E-state index in [2.05, 4.69) is 4.98 Å². The summed E-state index contributed by atoms with van der Waals surface area (Å²) in [5, 5.41) is 1.40. The second kappa shape index (κ2) is 10.4. The molecule has 0 unspecified atom stereocenters. The number of esters is 2. The Labute approximate surface area is 180 Å². The number of nitrogens with zero attached hydrogens (tertiary/aromatic N) is 2. The lowest BCUT2D eigenvalue weighted by Crippen LogP contribution is -2.24. The van der Waals surface area contributed by atoms with Crippen molar-refractivity contribution in [3.05, 3.63) is 45.6 Å². The third-order valence-corrected chi connectivity index (χ3v) is 5.59. The van der Waals surface area contributed by atoms with Gasteiger partial charge in [-0.25, -0.2) is 14.6 Å². The van der Waals surface area contributed by atoms with Crippen LogP contribution in [0.1, 0.15) is 31.3 Å². The molecule has 1 heterocycles. The van der Waals surface area contributed by atoms with Gasteiger partial charge in [0, 0.05) is 28.9 Å². The van der Waals surface area contributed by atoms with Gasteiger partial charge in [0.25, 0.3) is 0 Å². The first kappa shape index (κ1) is 22.9. The maximum Gasteiger partial charge on any atom is 0.347 e. The third-order valence-electron chi connectivity index (χ3n) is 4.16. The number of rotatable bonds is 8. The molecule has 8 heteroatoms. The van der Waals surface area contributed by atoms with E-state index in [4.69, 9.17) is 21.1 Å². The van der Waals surface area contributed by atoms with Crippen LogP contribution in [0.3, 0.4) is 0 Å². The summed E-state index contributed by atoms with van der Waals surface area (Å²) in [5.41, 5.74) is 2.37. The Bertz CT molecular complexity index is 884. The van der Waals surface area contributed by atoms with Crippen molar-refractivity contribution in [3.63, 3.8) is 0 Å². The van der Waals surface area contributed by atoms with Crippen molar-refractivity contribution in [1.29, 1.82) is 0 Å². The second-order valence-corrected chi connectivity index (χ2v) is 7.70. The van der Waals surface area contributed by atoms with Crippen LogP contribution in [-0.2, 0) is 19.1 Å². The Hall–Kier alpha value is -2.38. The van der Waals surface area contributed by atoms with E-state index >= 15 is 0 Å². The van der Waals surface area contributed by atoms with Crippen molar-refractivity contribution in [2.45, 2.75) is 34.6 Å². The summed E-state index contributed by atoms with van der Waals surface area (Å²) in [6.07, 6.45) is 1.46. The van der Waals surface area contributed by atoms with Gasteiger partial charge in [-0.2, -0.15) is 0 Å². The zero-order valence-electron chi connectivity index (χ0n) is 17.2. The highest BCUT2D eigenvalue weighted by Crippen LogP contribution is 2.35. The minimum atomic E-state index is -0.718. The maximum atomic E-state index is 12.3. The molecule has 0 saturated carbocycles. The van der Waals surface area contributed by atoms with Gasteiger partial charge in [-0.1, -0.05) is 11.6 Å². The van der Waals surface area contributed by atoms with Crippen molar-refractivity contribution in [2.24, 2.45) is 0 Å². The van der Waals surface area contributed by atoms with Gasteiger partial charge >= 0.3 is 11.9 Å². The molecule has 0 saturated heterocycles. The third kappa shape index (κ3) is 5.58. The summed E-state index contributed by atoms with van der Waals surface area (Å²) in [4.78, 5) is 32.0. The minimum absolute atomic E-state index is 0.159. The summed E-state index contributed by atoms with van der Waals surface area (Å²) >= 11 is 7.98. The number of benzene rings is 1. The molecule has 156 valence electrons. The minimum Gasteiger partial charge on any atom is -0.462 e. The summed E-state index contributed by atoms with van der Waals surface area (Å²) in [6.45, 7) is 10.1. The van der Waals surface area contributed by atoms with Crippen LogP contribution in [0.25, 0.3) is 10.6 Å². The maximum absolute atomic E-state index is 12.3. The summed E-state index contributed by atoms with van der Waals surface area (Å²) < 4.78 is 10.0. The molecule has 0 aliphatic rings. The number of carbonyl (C=O) groups is 2. The van der Waals surface area contributed by atoms with Gasteiger partial charge in [0.15, 0.2) is 5.57 Å². The van der Waals surface area contributed by atoms with E-state index in [1.807, 2.05) is 32.9 Å². The Morgan fingerprint density at radius 2 is 1.76 bits per heavy atom. The molecule has 1 aromatic carbocycles. The first-order valence-corrected chi connectivity index (χ1v) is 10.6. The molecule has 0 amide bonds. The van der Waals surface area contributed by atoms with Crippen molar-refractivity contribution in [2.75, 3.05) is 24.7 Å². The van der Waals surface area contributed by atoms with Crippen LogP contribution < -0.4 is 4.90 Å². The first-order chi connectivity index (χ1) is 13.8. The fourth-order valence-electron chi connectivity index (χ4n) is 2.55. The molecule has 0 N–H and O–H groups in total. The van der Waals surface area contributed by atoms with Crippen LogP contribution in [-0.4, -0.2) is 36.7 Å². The number of carbonyl (C=O) groups excluding carboxylic acids is 2. The summed E-state index contributed by atoms with van der Waals surface area (Å²) in [5.74, 6) is -1.44. The van der Waals surface area contributed by atoms with Gasteiger partial charge in [0.1, 0.15) is 5.01 Å². The quantitative estimate of drug-likeness (QED) is 0.253. The molecule has 0 fully saturated rings. The van der Waals surface area contributed by atoms with Gasteiger partial charge in [0.05, 0.1) is 23.9 Å². The molecular formula is C21H25ClN2O4S. The molecule has 0 aliphatic carbocycles. The molecule has 6 nitrogen and oxygen atoms in total. The van der Waals surface area contributed by atoms with Crippen LogP contribution in [0, 0.1) is 13.8 Å². The summed E-state index contributed by atoms with van der Waals surface area (Å²) in [7, 11) is 0. The fraction of sp³-hybridized carbons (Fsp3) is 0.381. The normalized spacial score (nSPS) is 10.4. The number of hydrogen-bond acceptors (Lipinski definition) is 7. The molecule has 2 rings (SSSR count). The molecule has 2 aromatic rings. The average molecular weight is 437 g/mol. The van der Waals surface area contributed by atoms with E-state index in [0.29, 0.717) is 11.6 Å². The van der Waals surface area contributed by atoms with Crippen LogP contribution in [0.15, 0.2) is 30.0 Å².